The molecule has 0 aliphatic carbocycles. The largest absolute Gasteiger partial charge is 0.338 e. The summed E-state index contributed by atoms with van der Waals surface area (Å²) in [5, 5.41) is 6.07. The molecule has 0 bridgehead atoms. The third-order valence-electron chi connectivity index (χ3n) is 4.47. The van der Waals surface area contributed by atoms with Gasteiger partial charge in [-0.1, -0.05) is 0 Å². The molecule has 1 unspecified atom stereocenters. The van der Waals surface area contributed by atoms with E-state index in [0.29, 0.717) is 18.7 Å². The van der Waals surface area contributed by atoms with Crippen molar-refractivity contribution < 1.29 is 4.79 Å². The number of carbonyl (C=O) groups excluding carboxylic acids is 1. The van der Waals surface area contributed by atoms with Crippen LogP contribution in [0.4, 0.5) is 10.9 Å². The number of hydrogen-bond acceptors (Lipinski definition) is 7. The third kappa shape index (κ3) is 3.95. The Kier molecular flexibility index (Phi) is 4.81. The van der Waals surface area contributed by atoms with Gasteiger partial charge >= 0.3 is 0 Å². The molecule has 27 heavy (non-hydrogen) atoms. The van der Waals surface area contributed by atoms with E-state index in [1.54, 1.807) is 35.9 Å². The molecule has 4 heterocycles. The predicted octanol–water partition coefficient (Wildman–Crippen LogP) is 3.32. The van der Waals surface area contributed by atoms with E-state index in [1.807, 2.05) is 30.2 Å². The van der Waals surface area contributed by atoms with Gasteiger partial charge in [-0.2, -0.15) is 0 Å². The average Bonchev–Trinajstić information content (AvgIpc) is 3.31. The normalized spacial score (nSPS) is 16.5. The Balaban J connectivity index is 1.49. The SMILES string of the molecule is Cc1cc(Nc2nc(C)cs2)nc(C2CCN(C(=O)c3cccnc3)C2)n1. The second-order valence-corrected chi connectivity index (χ2v) is 7.51. The van der Waals surface area contributed by atoms with Gasteiger partial charge in [-0.25, -0.2) is 15.0 Å². The van der Waals surface area contributed by atoms with Gasteiger partial charge < -0.3 is 10.2 Å². The van der Waals surface area contributed by atoms with E-state index in [4.69, 9.17) is 0 Å². The van der Waals surface area contributed by atoms with Crippen molar-refractivity contribution in [2.24, 2.45) is 0 Å². The molecule has 138 valence electrons. The third-order valence-corrected chi connectivity index (χ3v) is 5.35. The molecule has 1 amide bonds. The zero-order valence-corrected chi connectivity index (χ0v) is 16.0. The summed E-state index contributed by atoms with van der Waals surface area (Å²) in [6, 6.07) is 5.49. The first-order chi connectivity index (χ1) is 13.1. The van der Waals surface area contributed by atoms with Crippen LogP contribution >= 0.6 is 11.3 Å². The van der Waals surface area contributed by atoms with Crippen LogP contribution < -0.4 is 5.32 Å². The van der Waals surface area contributed by atoms with Gasteiger partial charge in [0.15, 0.2) is 5.13 Å². The Hall–Kier alpha value is -2.87. The van der Waals surface area contributed by atoms with Crippen LogP contribution in [-0.2, 0) is 0 Å². The topological polar surface area (TPSA) is 83.9 Å². The molecule has 1 fully saturated rings. The number of nitrogens with one attached hydrogen (secondary N) is 1. The van der Waals surface area contributed by atoms with Crippen LogP contribution in [0.25, 0.3) is 0 Å². The number of rotatable bonds is 4. The Morgan fingerprint density at radius 3 is 2.89 bits per heavy atom. The standard InChI is InChI=1S/C19H20N6OS/c1-12-8-16(24-19-22-13(2)11-27-19)23-17(21-12)15-5-7-25(10-15)18(26)14-4-3-6-20-9-14/h3-4,6,8-9,11,15H,5,7,10H2,1-2H3,(H,21,22,23,24). The number of aryl methyl sites for hydroxylation is 2. The molecule has 0 radical (unpaired) electrons. The van der Waals surface area contributed by atoms with Crippen molar-refractivity contribution in [1.82, 2.24) is 24.8 Å². The lowest BCUT2D eigenvalue weighted by atomic mass is 10.1. The Morgan fingerprint density at radius 1 is 1.26 bits per heavy atom. The van der Waals surface area contributed by atoms with Crippen LogP contribution in [0.15, 0.2) is 36.0 Å². The smallest absolute Gasteiger partial charge is 0.255 e. The van der Waals surface area contributed by atoms with Crippen LogP contribution in [-0.4, -0.2) is 43.8 Å². The van der Waals surface area contributed by atoms with Crippen LogP contribution in [0, 0.1) is 13.8 Å². The van der Waals surface area contributed by atoms with Gasteiger partial charge in [-0.3, -0.25) is 9.78 Å². The summed E-state index contributed by atoms with van der Waals surface area (Å²) >= 11 is 1.55. The lowest BCUT2D eigenvalue weighted by Gasteiger charge is -2.16. The summed E-state index contributed by atoms with van der Waals surface area (Å²) in [7, 11) is 0. The van der Waals surface area contributed by atoms with Crippen LogP contribution in [0.2, 0.25) is 0 Å². The van der Waals surface area contributed by atoms with E-state index in [0.717, 1.165) is 34.6 Å². The van der Waals surface area contributed by atoms with Gasteiger partial charge in [0.1, 0.15) is 11.6 Å². The number of thiazole rings is 1. The number of pyridine rings is 1. The minimum atomic E-state index is 0.00913. The molecular formula is C19H20N6OS. The van der Waals surface area contributed by atoms with Crippen molar-refractivity contribution in [2.45, 2.75) is 26.2 Å². The summed E-state index contributed by atoms with van der Waals surface area (Å²) in [4.78, 5) is 32.2. The number of anilines is 2. The van der Waals surface area contributed by atoms with Crippen molar-refractivity contribution in [1.29, 1.82) is 0 Å². The first-order valence-corrected chi connectivity index (χ1v) is 9.70. The maximum atomic E-state index is 12.6. The second-order valence-electron chi connectivity index (χ2n) is 6.65. The number of nitrogens with zero attached hydrogens (tertiary/aromatic N) is 5. The van der Waals surface area contributed by atoms with E-state index >= 15 is 0 Å². The van der Waals surface area contributed by atoms with Gasteiger partial charge in [0, 0.05) is 48.5 Å². The predicted molar refractivity (Wildman–Crippen MR) is 104 cm³/mol. The van der Waals surface area contributed by atoms with Crippen molar-refractivity contribution >= 4 is 28.2 Å². The lowest BCUT2D eigenvalue weighted by molar-refractivity contribution is 0.0790. The maximum absolute atomic E-state index is 12.6. The summed E-state index contributed by atoms with van der Waals surface area (Å²) in [6.45, 7) is 5.23. The average molecular weight is 380 g/mol. The van der Waals surface area contributed by atoms with Gasteiger partial charge in [-0.15, -0.1) is 11.3 Å². The van der Waals surface area contributed by atoms with E-state index in [-0.39, 0.29) is 11.8 Å². The van der Waals surface area contributed by atoms with E-state index in [1.165, 1.54) is 0 Å². The van der Waals surface area contributed by atoms with E-state index in [2.05, 4.69) is 25.3 Å². The molecule has 3 aromatic heterocycles. The fourth-order valence-electron chi connectivity index (χ4n) is 3.19. The molecule has 3 aromatic rings. The number of aromatic nitrogens is 4. The van der Waals surface area contributed by atoms with Crippen LogP contribution in [0.3, 0.4) is 0 Å². The van der Waals surface area contributed by atoms with Gasteiger partial charge in [0.05, 0.1) is 11.3 Å². The highest BCUT2D eigenvalue weighted by Crippen LogP contribution is 2.28. The molecular weight excluding hydrogens is 360 g/mol. The molecule has 7 nitrogen and oxygen atoms in total. The molecule has 1 aliphatic heterocycles. The summed E-state index contributed by atoms with van der Waals surface area (Å²) < 4.78 is 0. The summed E-state index contributed by atoms with van der Waals surface area (Å²) in [5.74, 6) is 1.65. The molecule has 0 saturated carbocycles. The van der Waals surface area contributed by atoms with Crippen molar-refractivity contribution in [2.75, 3.05) is 18.4 Å². The number of carbonyl (C=O) groups is 1. The maximum Gasteiger partial charge on any atom is 0.255 e. The highest BCUT2D eigenvalue weighted by Gasteiger charge is 2.30. The molecule has 0 spiro atoms. The van der Waals surface area contributed by atoms with Crippen molar-refractivity contribution in [3.05, 3.63) is 58.7 Å². The fourth-order valence-corrected chi connectivity index (χ4v) is 3.88. The first-order valence-electron chi connectivity index (χ1n) is 8.82. The Labute approximate surface area is 161 Å². The zero-order valence-electron chi connectivity index (χ0n) is 15.2. The number of amides is 1. The van der Waals surface area contributed by atoms with Crippen LogP contribution in [0.1, 0.15) is 39.9 Å². The van der Waals surface area contributed by atoms with Gasteiger partial charge in [0.2, 0.25) is 0 Å². The molecule has 1 N–H and O–H groups in total. The Bertz CT molecular complexity index is 958. The zero-order chi connectivity index (χ0) is 18.8. The van der Waals surface area contributed by atoms with E-state index < -0.39 is 0 Å². The minimum absolute atomic E-state index is 0.00913. The minimum Gasteiger partial charge on any atom is -0.338 e. The molecule has 1 atom stereocenters. The molecule has 0 aromatic carbocycles. The number of likely N-dealkylation sites (tertiary alicyclic amines) is 1. The summed E-state index contributed by atoms with van der Waals surface area (Å²) in [5.41, 5.74) is 2.49. The highest BCUT2D eigenvalue weighted by molar-refractivity contribution is 7.13. The molecule has 1 saturated heterocycles. The number of hydrogen-bond donors (Lipinski definition) is 1. The molecule has 1 aliphatic rings. The van der Waals surface area contributed by atoms with Gasteiger partial charge in [0.25, 0.3) is 5.91 Å². The fraction of sp³-hybridized carbons (Fsp3) is 0.316. The molecule has 4 rings (SSSR count). The quantitative estimate of drug-likeness (QED) is 0.747. The Morgan fingerprint density at radius 2 is 2.15 bits per heavy atom. The summed E-state index contributed by atoms with van der Waals surface area (Å²) in [6.07, 6.45) is 4.13. The van der Waals surface area contributed by atoms with E-state index in [9.17, 15) is 4.79 Å². The molecule has 8 heteroatoms. The van der Waals surface area contributed by atoms with Crippen molar-refractivity contribution in [3.8, 4) is 0 Å². The monoisotopic (exact) mass is 380 g/mol. The first kappa shape index (κ1) is 17.5. The lowest BCUT2D eigenvalue weighted by Crippen LogP contribution is -2.28. The van der Waals surface area contributed by atoms with Gasteiger partial charge in [-0.05, 0) is 32.4 Å². The van der Waals surface area contributed by atoms with Crippen molar-refractivity contribution in [3.63, 3.8) is 0 Å². The second kappa shape index (κ2) is 7.40. The highest BCUT2D eigenvalue weighted by atomic mass is 32.1. The van der Waals surface area contributed by atoms with Crippen LogP contribution in [0.5, 0.6) is 0 Å².